The van der Waals surface area contributed by atoms with Crippen molar-refractivity contribution in [2.75, 3.05) is 35.6 Å². The van der Waals surface area contributed by atoms with Gasteiger partial charge >= 0.3 is 0 Å². The van der Waals surface area contributed by atoms with Crippen molar-refractivity contribution >= 4 is 33.2 Å². The van der Waals surface area contributed by atoms with Gasteiger partial charge in [-0.25, -0.2) is 8.42 Å². The fraction of sp³-hybridized carbons (Fsp3) is 0.364. The number of nitrogens with one attached hydrogen (secondary N) is 2. The minimum Gasteiger partial charge on any atom is -0.376 e. The van der Waals surface area contributed by atoms with Crippen molar-refractivity contribution in [1.29, 1.82) is 0 Å². The van der Waals surface area contributed by atoms with Gasteiger partial charge in [0, 0.05) is 25.8 Å². The first kappa shape index (κ1) is 22.8. The molecule has 2 aromatic carbocycles. The van der Waals surface area contributed by atoms with Crippen LogP contribution in [0.3, 0.4) is 0 Å². The molecule has 0 saturated carbocycles. The summed E-state index contributed by atoms with van der Waals surface area (Å²) in [7, 11) is -1.91. The molecule has 1 saturated heterocycles. The smallest absolute Gasteiger partial charge is 0.255 e. The van der Waals surface area contributed by atoms with Crippen LogP contribution in [0.1, 0.15) is 40.5 Å². The number of carbonyl (C=O) groups is 2. The average Bonchev–Trinajstić information content (AvgIpc) is 3.31. The van der Waals surface area contributed by atoms with Crippen LogP contribution < -0.4 is 14.9 Å². The van der Waals surface area contributed by atoms with E-state index in [4.69, 9.17) is 4.74 Å². The minimum atomic E-state index is -3.38. The summed E-state index contributed by atoms with van der Waals surface area (Å²) in [5.74, 6) is -0.697. The van der Waals surface area contributed by atoms with Gasteiger partial charge in [0.05, 0.1) is 28.8 Å². The number of hydrogen-bond donors (Lipinski definition) is 2. The molecule has 2 N–H and O–H groups in total. The lowest BCUT2D eigenvalue weighted by Crippen LogP contribution is -2.32. The maximum atomic E-state index is 12.7. The van der Waals surface area contributed by atoms with Gasteiger partial charge in [-0.05, 0) is 56.2 Å². The Labute approximate surface area is 182 Å². The van der Waals surface area contributed by atoms with Crippen LogP contribution in [0.2, 0.25) is 0 Å². The fourth-order valence-electron chi connectivity index (χ4n) is 3.27. The summed E-state index contributed by atoms with van der Waals surface area (Å²) in [5.41, 5.74) is 1.57. The zero-order valence-electron chi connectivity index (χ0n) is 17.6. The fourth-order valence-corrected chi connectivity index (χ4v) is 4.10. The monoisotopic (exact) mass is 445 g/mol. The highest BCUT2D eigenvalue weighted by Gasteiger charge is 2.19. The number of anilines is 2. The van der Waals surface area contributed by atoms with E-state index >= 15 is 0 Å². The molecule has 1 heterocycles. The third-order valence-electron chi connectivity index (χ3n) is 5.21. The van der Waals surface area contributed by atoms with Gasteiger partial charge in [-0.1, -0.05) is 12.1 Å². The van der Waals surface area contributed by atoms with Crippen LogP contribution in [-0.2, 0) is 14.8 Å². The molecule has 0 aliphatic carbocycles. The van der Waals surface area contributed by atoms with Crippen molar-refractivity contribution in [3.8, 4) is 0 Å². The molecule has 9 heteroatoms. The zero-order chi connectivity index (χ0) is 22.4. The second-order valence-electron chi connectivity index (χ2n) is 7.26. The van der Waals surface area contributed by atoms with Crippen LogP contribution in [0.15, 0.2) is 48.5 Å². The van der Waals surface area contributed by atoms with Crippen molar-refractivity contribution in [2.45, 2.75) is 25.9 Å². The van der Waals surface area contributed by atoms with Crippen LogP contribution in [0.5, 0.6) is 0 Å². The van der Waals surface area contributed by atoms with Gasteiger partial charge in [-0.2, -0.15) is 0 Å². The molecule has 1 aliphatic rings. The van der Waals surface area contributed by atoms with E-state index in [1.165, 1.54) is 11.4 Å². The maximum Gasteiger partial charge on any atom is 0.255 e. The topological polar surface area (TPSA) is 105 Å². The van der Waals surface area contributed by atoms with Gasteiger partial charge in [0.1, 0.15) is 0 Å². The van der Waals surface area contributed by atoms with Crippen molar-refractivity contribution in [3.63, 3.8) is 0 Å². The van der Waals surface area contributed by atoms with Gasteiger partial charge in [-0.15, -0.1) is 0 Å². The summed E-state index contributed by atoms with van der Waals surface area (Å²) < 4.78 is 30.7. The lowest BCUT2D eigenvalue weighted by molar-refractivity contribution is 0.0858. The summed E-state index contributed by atoms with van der Waals surface area (Å²) in [4.78, 5) is 25.3. The lowest BCUT2D eigenvalue weighted by atomic mass is 10.1. The van der Waals surface area contributed by atoms with E-state index in [9.17, 15) is 18.0 Å². The Balaban J connectivity index is 1.68. The van der Waals surface area contributed by atoms with Gasteiger partial charge in [0.25, 0.3) is 11.8 Å². The SMILES string of the molecule is CCS(=O)(=O)N(C)c1ccc(C(=O)Nc2ccccc2C(=O)NC[C@H]2CCCO2)cc1. The first-order chi connectivity index (χ1) is 14.8. The Hall–Kier alpha value is -2.91. The molecule has 1 aliphatic heterocycles. The molecule has 3 rings (SSSR count). The van der Waals surface area contributed by atoms with E-state index in [0.717, 1.165) is 12.8 Å². The molecular weight excluding hydrogens is 418 g/mol. The molecule has 0 radical (unpaired) electrons. The summed E-state index contributed by atoms with van der Waals surface area (Å²) in [6.45, 7) is 2.71. The van der Waals surface area contributed by atoms with Crippen LogP contribution in [-0.4, -0.2) is 52.3 Å². The quantitative estimate of drug-likeness (QED) is 0.650. The van der Waals surface area contributed by atoms with Crippen LogP contribution in [0.25, 0.3) is 0 Å². The molecule has 0 unspecified atom stereocenters. The molecule has 1 atom stereocenters. The standard InChI is InChI=1S/C22H27N3O5S/c1-3-31(28,29)25(2)17-12-10-16(11-13-17)21(26)24-20-9-5-4-8-19(20)22(27)23-15-18-7-6-14-30-18/h4-5,8-13,18H,3,6-7,14-15H2,1-2H3,(H,23,27)(H,24,26)/t18-/m1/s1. The van der Waals surface area contributed by atoms with Crippen LogP contribution in [0.4, 0.5) is 11.4 Å². The molecule has 2 amide bonds. The van der Waals surface area contributed by atoms with Gasteiger partial charge < -0.3 is 15.4 Å². The molecule has 8 nitrogen and oxygen atoms in total. The van der Waals surface area contributed by atoms with Crippen molar-refractivity contribution < 1.29 is 22.7 Å². The normalized spacial score (nSPS) is 16.0. The predicted molar refractivity (Wildman–Crippen MR) is 120 cm³/mol. The predicted octanol–water partition coefficient (Wildman–Crippen LogP) is 2.63. The Morgan fingerprint density at radius 1 is 1.10 bits per heavy atom. The van der Waals surface area contributed by atoms with E-state index in [2.05, 4.69) is 10.6 Å². The van der Waals surface area contributed by atoms with Crippen LogP contribution >= 0.6 is 0 Å². The Bertz CT molecular complexity index is 1030. The number of rotatable bonds is 8. The van der Waals surface area contributed by atoms with Crippen molar-refractivity contribution in [3.05, 3.63) is 59.7 Å². The summed E-state index contributed by atoms with van der Waals surface area (Å²) in [5, 5.41) is 5.62. The highest BCUT2D eigenvalue weighted by molar-refractivity contribution is 7.92. The average molecular weight is 446 g/mol. The number of ether oxygens (including phenoxy) is 1. The molecule has 0 aromatic heterocycles. The highest BCUT2D eigenvalue weighted by Crippen LogP contribution is 2.20. The molecule has 31 heavy (non-hydrogen) atoms. The lowest BCUT2D eigenvalue weighted by Gasteiger charge is -2.18. The molecule has 0 spiro atoms. The zero-order valence-corrected chi connectivity index (χ0v) is 18.4. The number of carbonyl (C=O) groups excluding carboxylic acids is 2. The molecule has 2 aromatic rings. The summed E-state index contributed by atoms with van der Waals surface area (Å²) in [6, 6.07) is 13.0. The Kier molecular flexibility index (Phi) is 7.29. The van der Waals surface area contributed by atoms with Gasteiger partial charge in [0.15, 0.2) is 0 Å². The van der Waals surface area contributed by atoms with E-state index in [1.54, 1.807) is 55.5 Å². The third kappa shape index (κ3) is 5.62. The largest absolute Gasteiger partial charge is 0.376 e. The molecular formula is C22H27N3O5S. The summed E-state index contributed by atoms with van der Waals surface area (Å²) in [6.07, 6.45) is 1.94. The molecule has 0 bridgehead atoms. The Morgan fingerprint density at radius 3 is 2.45 bits per heavy atom. The first-order valence-electron chi connectivity index (χ1n) is 10.2. The second-order valence-corrected chi connectivity index (χ2v) is 9.55. The second kappa shape index (κ2) is 9.93. The number of nitrogens with zero attached hydrogens (tertiary/aromatic N) is 1. The Morgan fingerprint density at radius 2 is 1.81 bits per heavy atom. The van der Waals surface area contributed by atoms with Crippen molar-refractivity contribution in [1.82, 2.24) is 5.32 Å². The first-order valence-corrected chi connectivity index (χ1v) is 11.8. The number of para-hydroxylation sites is 1. The number of hydrogen-bond acceptors (Lipinski definition) is 5. The van der Waals surface area contributed by atoms with E-state index in [0.29, 0.717) is 35.7 Å². The van der Waals surface area contributed by atoms with E-state index in [-0.39, 0.29) is 17.8 Å². The summed E-state index contributed by atoms with van der Waals surface area (Å²) >= 11 is 0. The van der Waals surface area contributed by atoms with Gasteiger partial charge in [0.2, 0.25) is 10.0 Å². The number of amides is 2. The third-order valence-corrected chi connectivity index (χ3v) is 6.98. The number of sulfonamides is 1. The van der Waals surface area contributed by atoms with Crippen molar-refractivity contribution in [2.24, 2.45) is 0 Å². The van der Waals surface area contributed by atoms with E-state index in [1.807, 2.05) is 0 Å². The minimum absolute atomic E-state index is 0.0164. The van der Waals surface area contributed by atoms with Crippen LogP contribution in [0, 0.1) is 0 Å². The molecule has 1 fully saturated rings. The highest BCUT2D eigenvalue weighted by atomic mass is 32.2. The van der Waals surface area contributed by atoms with E-state index < -0.39 is 15.9 Å². The number of benzene rings is 2. The molecule has 166 valence electrons. The van der Waals surface area contributed by atoms with Gasteiger partial charge in [-0.3, -0.25) is 13.9 Å². The maximum absolute atomic E-state index is 12.7.